The topological polar surface area (TPSA) is 52.6 Å². The lowest BCUT2D eigenvalue weighted by molar-refractivity contribution is -0.132. The molecule has 0 fully saturated rings. The molecular formula is C17H14F2O4. The third kappa shape index (κ3) is 4.12. The smallest absolute Gasteiger partial charge is 0.308 e. The van der Waals surface area contributed by atoms with Gasteiger partial charge in [0, 0.05) is 25.0 Å². The summed E-state index contributed by atoms with van der Waals surface area (Å²) in [5, 5.41) is 0. The van der Waals surface area contributed by atoms with E-state index in [0.29, 0.717) is 0 Å². The summed E-state index contributed by atoms with van der Waals surface area (Å²) in [6.45, 7) is 2.46. The number of hydrogen-bond acceptors (Lipinski definition) is 4. The molecule has 0 bridgehead atoms. The maximum atomic E-state index is 14.5. The molecule has 0 atom stereocenters. The Morgan fingerprint density at radius 2 is 1.04 bits per heavy atom. The third-order valence-electron chi connectivity index (χ3n) is 2.96. The van der Waals surface area contributed by atoms with Gasteiger partial charge in [-0.05, 0) is 48.5 Å². The molecule has 2 rings (SSSR count). The highest BCUT2D eigenvalue weighted by Crippen LogP contribution is 2.36. The summed E-state index contributed by atoms with van der Waals surface area (Å²) in [5.74, 6) is -3.88. The van der Waals surface area contributed by atoms with E-state index in [0.717, 1.165) is 0 Å². The Hall–Kier alpha value is -2.76. The second-order valence-electron chi connectivity index (χ2n) is 4.81. The molecule has 6 heteroatoms. The molecule has 23 heavy (non-hydrogen) atoms. The Labute approximate surface area is 131 Å². The van der Waals surface area contributed by atoms with Gasteiger partial charge in [-0.25, -0.2) is 0 Å². The van der Waals surface area contributed by atoms with E-state index in [1.54, 1.807) is 0 Å². The second kappa shape index (κ2) is 6.56. The number of alkyl halides is 2. The fourth-order valence-corrected chi connectivity index (χ4v) is 1.96. The summed E-state index contributed by atoms with van der Waals surface area (Å²) >= 11 is 0. The minimum atomic E-state index is -3.23. The van der Waals surface area contributed by atoms with Gasteiger partial charge < -0.3 is 9.47 Å². The fraction of sp³-hybridized carbons (Fsp3) is 0.176. The molecule has 4 nitrogen and oxygen atoms in total. The summed E-state index contributed by atoms with van der Waals surface area (Å²) in [6, 6.07) is 9.98. The molecule has 0 saturated heterocycles. The minimum Gasteiger partial charge on any atom is -0.427 e. The van der Waals surface area contributed by atoms with Gasteiger partial charge >= 0.3 is 11.9 Å². The Kier molecular flexibility index (Phi) is 4.74. The van der Waals surface area contributed by atoms with Crippen LogP contribution < -0.4 is 9.47 Å². The first kappa shape index (κ1) is 16.6. The number of esters is 2. The van der Waals surface area contributed by atoms with Gasteiger partial charge in [0.1, 0.15) is 11.5 Å². The highest BCUT2D eigenvalue weighted by atomic mass is 19.3. The SMILES string of the molecule is CC(=O)Oc1ccc(C(F)(F)c2ccc(OC(C)=O)cc2)cc1. The molecule has 0 radical (unpaired) electrons. The van der Waals surface area contributed by atoms with Gasteiger partial charge in [-0.2, -0.15) is 8.78 Å². The van der Waals surface area contributed by atoms with Crippen molar-refractivity contribution in [3.63, 3.8) is 0 Å². The van der Waals surface area contributed by atoms with E-state index in [4.69, 9.17) is 9.47 Å². The molecule has 0 spiro atoms. The number of halogens is 2. The van der Waals surface area contributed by atoms with E-state index in [1.165, 1.54) is 62.4 Å². The van der Waals surface area contributed by atoms with Gasteiger partial charge in [0.15, 0.2) is 0 Å². The van der Waals surface area contributed by atoms with E-state index >= 15 is 0 Å². The van der Waals surface area contributed by atoms with Crippen LogP contribution in [0, 0.1) is 0 Å². The summed E-state index contributed by atoms with van der Waals surface area (Å²) in [4.78, 5) is 21.6. The third-order valence-corrected chi connectivity index (χ3v) is 2.96. The van der Waals surface area contributed by atoms with Crippen molar-refractivity contribution in [1.29, 1.82) is 0 Å². The largest absolute Gasteiger partial charge is 0.427 e. The van der Waals surface area contributed by atoms with Crippen molar-refractivity contribution in [2.24, 2.45) is 0 Å². The number of carbonyl (C=O) groups excluding carboxylic acids is 2. The average Bonchev–Trinajstić information content (AvgIpc) is 2.47. The van der Waals surface area contributed by atoms with E-state index in [2.05, 4.69) is 0 Å². The number of hydrogen-bond donors (Lipinski definition) is 0. The predicted molar refractivity (Wildman–Crippen MR) is 78.5 cm³/mol. The molecule has 2 aromatic carbocycles. The van der Waals surface area contributed by atoms with Crippen LogP contribution in [0.1, 0.15) is 25.0 Å². The summed E-state index contributed by atoms with van der Waals surface area (Å²) in [6.07, 6.45) is 0. The second-order valence-corrected chi connectivity index (χ2v) is 4.81. The highest BCUT2D eigenvalue weighted by molar-refractivity contribution is 5.69. The number of benzene rings is 2. The lowest BCUT2D eigenvalue weighted by Crippen LogP contribution is -2.15. The van der Waals surface area contributed by atoms with Gasteiger partial charge in [0.2, 0.25) is 0 Å². The lowest BCUT2D eigenvalue weighted by atomic mass is 10.0. The van der Waals surface area contributed by atoms with Crippen LogP contribution in [0.5, 0.6) is 11.5 Å². The first-order valence-electron chi connectivity index (χ1n) is 6.75. The van der Waals surface area contributed by atoms with Gasteiger partial charge in [0.25, 0.3) is 5.92 Å². The van der Waals surface area contributed by atoms with Gasteiger partial charge in [-0.15, -0.1) is 0 Å². The first-order chi connectivity index (χ1) is 10.8. The molecule has 0 saturated carbocycles. The molecule has 2 aromatic rings. The fourth-order valence-electron chi connectivity index (χ4n) is 1.96. The van der Waals surface area contributed by atoms with E-state index in [1.807, 2.05) is 0 Å². The molecule has 0 amide bonds. The molecule has 0 aromatic heterocycles. The lowest BCUT2D eigenvalue weighted by Gasteiger charge is -2.17. The van der Waals surface area contributed by atoms with E-state index in [9.17, 15) is 18.4 Å². The van der Waals surface area contributed by atoms with Gasteiger partial charge in [-0.3, -0.25) is 9.59 Å². The Balaban J connectivity index is 2.23. The Morgan fingerprint density at radius 3 is 1.30 bits per heavy atom. The minimum absolute atomic E-state index is 0.197. The summed E-state index contributed by atoms with van der Waals surface area (Å²) in [7, 11) is 0. The first-order valence-corrected chi connectivity index (χ1v) is 6.75. The maximum Gasteiger partial charge on any atom is 0.308 e. The summed E-state index contributed by atoms with van der Waals surface area (Å²) in [5.41, 5.74) is -0.484. The molecular weight excluding hydrogens is 306 g/mol. The summed E-state index contributed by atoms with van der Waals surface area (Å²) < 4.78 is 38.5. The van der Waals surface area contributed by atoms with Crippen LogP contribution in [0.25, 0.3) is 0 Å². The predicted octanol–water partition coefficient (Wildman–Crippen LogP) is 3.68. The van der Waals surface area contributed by atoms with Crippen molar-refractivity contribution >= 4 is 11.9 Å². The van der Waals surface area contributed by atoms with Crippen molar-refractivity contribution in [2.45, 2.75) is 19.8 Å². The molecule has 120 valence electrons. The zero-order valence-electron chi connectivity index (χ0n) is 12.5. The Morgan fingerprint density at radius 1 is 0.739 bits per heavy atom. The number of ether oxygens (including phenoxy) is 2. The van der Waals surface area contributed by atoms with Crippen LogP contribution in [0.3, 0.4) is 0 Å². The Bertz CT molecular complexity index is 645. The average molecular weight is 320 g/mol. The van der Waals surface area contributed by atoms with Crippen LogP contribution in [-0.2, 0) is 15.5 Å². The quantitative estimate of drug-likeness (QED) is 0.637. The van der Waals surface area contributed by atoms with Crippen molar-refractivity contribution in [1.82, 2.24) is 0 Å². The van der Waals surface area contributed by atoms with E-state index in [-0.39, 0.29) is 22.6 Å². The van der Waals surface area contributed by atoms with E-state index < -0.39 is 17.9 Å². The zero-order chi connectivity index (χ0) is 17.0. The van der Waals surface area contributed by atoms with Gasteiger partial charge in [-0.1, -0.05) is 0 Å². The normalized spacial score (nSPS) is 11.0. The number of rotatable bonds is 4. The zero-order valence-corrected chi connectivity index (χ0v) is 12.5. The molecule has 0 unspecified atom stereocenters. The molecule has 0 aliphatic heterocycles. The maximum absolute atomic E-state index is 14.5. The van der Waals surface area contributed by atoms with Crippen molar-refractivity contribution in [3.8, 4) is 11.5 Å². The van der Waals surface area contributed by atoms with Crippen LogP contribution >= 0.6 is 0 Å². The van der Waals surface area contributed by atoms with Crippen molar-refractivity contribution in [2.75, 3.05) is 0 Å². The van der Waals surface area contributed by atoms with Crippen molar-refractivity contribution in [3.05, 3.63) is 59.7 Å². The van der Waals surface area contributed by atoms with Crippen molar-refractivity contribution < 1.29 is 27.8 Å². The molecule has 0 heterocycles. The highest BCUT2D eigenvalue weighted by Gasteiger charge is 2.33. The van der Waals surface area contributed by atoms with Crippen LogP contribution in [-0.4, -0.2) is 11.9 Å². The monoisotopic (exact) mass is 320 g/mol. The van der Waals surface area contributed by atoms with Crippen LogP contribution in [0.4, 0.5) is 8.78 Å². The molecule has 0 aliphatic rings. The van der Waals surface area contributed by atoms with Crippen LogP contribution in [0.15, 0.2) is 48.5 Å². The standard InChI is InChI=1S/C17H14F2O4/c1-11(20)22-15-7-3-13(4-8-15)17(18,19)14-5-9-16(10-6-14)23-12(2)21/h3-10H,1-2H3. The van der Waals surface area contributed by atoms with Crippen LogP contribution in [0.2, 0.25) is 0 Å². The number of carbonyl (C=O) groups is 2. The molecule has 0 aliphatic carbocycles. The molecule has 0 N–H and O–H groups in total. The van der Waals surface area contributed by atoms with Gasteiger partial charge in [0.05, 0.1) is 0 Å².